The number of carbonyl (C=O) groups excluding carboxylic acids is 1. The summed E-state index contributed by atoms with van der Waals surface area (Å²) < 4.78 is 34.5. The quantitative estimate of drug-likeness (QED) is 0.675. The van der Waals surface area contributed by atoms with E-state index in [-0.39, 0.29) is 29.9 Å². The van der Waals surface area contributed by atoms with Crippen LogP contribution < -0.4 is 20.3 Å². The minimum absolute atomic E-state index is 0.00516. The van der Waals surface area contributed by atoms with Gasteiger partial charge in [-0.05, 0) is 24.6 Å². The molecular formula is C23H21F2N5O2. The van der Waals surface area contributed by atoms with Crippen LogP contribution in [0, 0.1) is 11.6 Å². The Morgan fingerprint density at radius 1 is 1.19 bits per heavy atom. The van der Waals surface area contributed by atoms with Crippen molar-refractivity contribution in [2.24, 2.45) is 5.73 Å². The summed E-state index contributed by atoms with van der Waals surface area (Å²) >= 11 is 0. The topological polar surface area (TPSA) is 84.6 Å². The van der Waals surface area contributed by atoms with E-state index in [1.54, 1.807) is 18.2 Å². The van der Waals surface area contributed by atoms with E-state index in [2.05, 4.69) is 9.97 Å². The first-order valence-corrected chi connectivity index (χ1v) is 10.3. The average Bonchev–Trinajstić information content (AvgIpc) is 3.37. The van der Waals surface area contributed by atoms with Gasteiger partial charge < -0.3 is 15.4 Å². The van der Waals surface area contributed by atoms with E-state index in [4.69, 9.17) is 10.5 Å². The predicted octanol–water partition coefficient (Wildman–Crippen LogP) is 3.13. The first-order chi connectivity index (χ1) is 15.5. The van der Waals surface area contributed by atoms with Gasteiger partial charge >= 0.3 is 0 Å². The van der Waals surface area contributed by atoms with Gasteiger partial charge in [0.25, 0.3) is 5.91 Å². The number of aromatic nitrogens is 2. The van der Waals surface area contributed by atoms with Crippen LogP contribution in [0.4, 0.5) is 20.4 Å². The number of carbonyl (C=O) groups is 1. The summed E-state index contributed by atoms with van der Waals surface area (Å²) in [6.45, 7) is 1.34. The van der Waals surface area contributed by atoms with Crippen molar-refractivity contribution in [2.75, 3.05) is 30.0 Å². The minimum Gasteiger partial charge on any atom is -0.496 e. The number of halogens is 2. The number of ether oxygens (including phenoxy) is 1. The maximum absolute atomic E-state index is 14.7. The van der Waals surface area contributed by atoms with Crippen molar-refractivity contribution in [3.63, 3.8) is 0 Å². The molecule has 4 heterocycles. The van der Waals surface area contributed by atoms with Crippen LogP contribution in [0.1, 0.15) is 22.3 Å². The van der Waals surface area contributed by atoms with Gasteiger partial charge in [0.15, 0.2) is 0 Å². The van der Waals surface area contributed by atoms with Crippen LogP contribution in [0.5, 0.6) is 5.75 Å². The summed E-state index contributed by atoms with van der Waals surface area (Å²) in [4.78, 5) is 25.4. The Balaban J connectivity index is 1.55. The van der Waals surface area contributed by atoms with Gasteiger partial charge in [0, 0.05) is 48.6 Å². The summed E-state index contributed by atoms with van der Waals surface area (Å²) in [5.74, 6) is -0.413. The van der Waals surface area contributed by atoms with Gasteiger partial charge in [-0.25, -0.2) is 13.8 Å². The molecule has 1 amide bonds. The molecular weight excluding hydrogens is 416 g/mol. The van der Waals surface area contributed by atoms with E-state index in [1.165, 1.54) is 36.4 Å². The van der Waals surface area contributed by atoms with Crippen molar-refractivity contribution < 1.29 is 18.3 Å². The zero-order chi connectivity index (χ0) is 22.4. The van der Waals surface area contributed by atoms with E-state index >= 15 is 0 Å². The molecule has 2 aliphatic heterocycles. The number of methoxy groups -OCH3 is 1. The van der Waals surface area contributed by atoms with Gasteiger partial charge in [-0.15, -0.1) is 0 Å². The molecule has 0 saturated carbocycles. The number of hydrogen-bond acceptors (Lipinski definition) is 6. The lowest BCUT2D eigenvalue weighted by Gasteiger charge is -2.21. The molecule has 1 atom stereocenters. The zero-order valence-electron chi connectivity index (χ0n) is 17.4. The fourth-order valence-electron chi connectivity index (χ4n) is 4.30. The molecule has 0 bridgehead atoms. The Bertz CT molecular complexity index is 1220. The third kappa shape index (κ3) is 3.34. The Labute approximate surface area is 183 Å². The van der Waals surface area contributed by atoms with E-state index in [1.807, 2.05) is 4.90 Å². The minimum atomic E-state index is -0.507. The fraction of sp³-hybridized carbons (Fsp3) is 0.261. The van der Waals surface area contributed by atoms with E-state index < -0.39 is 11.6 Å². The average molecular weight is 437 g/mol. The van der Waals surface area contributed by atoms with Crippen molar-refractivity contribution in [2.45, 2.75) is 19.0 Å². The van der Waals surface area contributed by atoms with E-state index in [9.17, 15) is 13.6 Å². The molecule has 0 aliphatic carbocycles. The Kier molecular flexibility index (Phi) is 4.97. The van der Waals surface area contributed by atoms with Gasteiger partial charge in [-0.3, -0.25) is 14.7 Å². The molecule has 2 N–H and O–H groups in total. The lowest BCUT2D eigenvalue weighted by atomic mass is 10.0. The van der Waals surface area contributed by atoms with Crippen molar-refractivity contribution in [3.8, 4) is 17.0 Å². The lowest BCUT2D eigenvalue weighted by molar-refractivity contribution is 0.0996. The van der Waals surface area contributed by atoms with Crippen molar-refractivity contribution >= 4 is 17.5 Å². The van der Waals surface area contributed by atoms with Gasteiger partial charge in [-0.1, -0.05) is 6.07 Å². The molecule has 2 aliphatic rings. The second-order valence-corrected chi connectivity index (χ2v) is 7.89. The molecule has 7 nitrogen and oxygen atoms in total. The van der Waals surface area contributed by atoms with Gasteiger partial charge in [0.05, 0.1) is 24.9 Å². The molecule has 1 aromatic carbocycles. The summed E-state index contributed by atoms with van der Waals surface area (Å²) in [6, 6.07) is 8.64. The van der Waals surface area contributed by atoms with Crippen LogP contribution in [-0.2, 0) is 6.54 Å². The number of benzene rings is 1. The Morgan fingerprint density at radius 2 is 2.00 bits per heavy atom. The highest BCUT2D eigenvalue weighted by atomic mass is 19.1. The number of fused-ring (bicyclic) bond motifs is 1. The summed E-state index contributed by atoms with van der Waals surface area (Å²) in [7, 11) is 1.45. The Morgan fingerprint density at radius 3 is 2.75 bits per heavy atom. The maximum atomic E-state index is 14.7. The summed E-state index contributed by atoms with van der Waals surface area (Å²) in [5, 5.41) is 0. The largest absolute Gasteiger partial charge is 0.496 e. The molecule has 0 radical (unpaired) electrons. The summed E-state index contributed by atoms with van der Waals surface area (Å²) in [6.07, 6.45) is 2.25. The van der Waals surface area contributed by atoms with E-state index in [0.29, 0.717) is 41.5 Å². The van der Waals surface area contributed by atoms with Crippen LogP contribution in [0.25, 0.3) is 11.3 Å². The number of nitrogens with zero attached hydrogens (tertiary/aromatic N) is 4. The van der Waals surface area contributed by atoms with Crippen LogP contribution in [0.15, 0.2) is 42.6 Å². The van der Waals surface area contributed by atoms with Gasteiger partial charge in [0.2, 0.25) is 0 Å². The standard InChI is InChI=1S/C23H21F2N5O2/c1-32-18-4-2-3-17(25)21(18)22-16-12-30(23(31)15(16)5-7-27-22)20-10-13(24)9-19(28-20)29-8-6-14(26)11-29/h2-5,7,9-10,14H,6,8,11-12,26H2,1H3/t14-/m1/s1. The van der Waals surface area contributed by atoms with Crippen LogP contribution in [0.3, 0.4) is 0 Å². The van der Waals surface area contributed by atoms with Crippen molar-refractivity contribution in [1.29, 1.82) is 0 Å². The summed E-state index contributed by atoms with van der Waals surface area (Å²) in [5.41, 5.74) is 7.38. The van der Waals surface area contributed by atoms with Gasteiger partial charge in [-0.2, -0.15) is 0 Å². The highest BCUT2D eigenvalue weighted by Gasteiger charge is 2.34. The molecule has 2 aromatic heterocycles. The molecule has 0 spiro atoms. The highest BCUT2D eigenvalue weighted by Crippen LogP contribution is 2.38. The Hall–Kier alpha value is -3.59. The van der Waals surface area contributed by atoms with E-state index in [0.717, 1.165) is 6.42 Å². The molecule has 0 unspecified atom stereocenters. The molecule has 1 fully saturated rings. The fourth-order valence-corrected chi connectivity index (χ4v) is 4.30. The van der Waals surface area contributed by atoms with Crippen molar-refractivity contribution in [1.82, 2.24) is 9.97 Å². The first-order valence-electron chi connectivity index (χ1n) is 10.3. The number of hydrogen-bond donors (Lipinski definition) is 1. The SMILES string of the molecule is COc1cccc(F)c1-c1nccc2c1CN(c1cc(F)cc(N3CC[C@@H](N)C3)n1)C2=O. The monoisotopic (exact) mass is 437 g/mol. The number of rotatable bonds is 4. The van der Waals surface area contributed by atoms with Crippen LogP contribution >= 0.6 is 0 Å². The smallest absolute Gasteiger partial charge is 0.260 e. The third-order valence-corrected chi connectivity index (χ3v) is 5.87. The predicted molar refractivity (Wildman–Crippen MR) is 116 cm³/mol. The van der Waals surface area contributed by atoms with Crippen molar-refractivity contribution in [3.05, 3.63) is 65.4 Å². The highest BCUT2D eigenvalue weighted by molar-refractivity contribution is 6.10. The zero-order valence-corrected chi connectivity index (χ0v) is 17.4. The molecule has 164 valence electrons. The second kappa shape index (κ2) is 7.83. The molecule has 9 heteroatoms. The molecule has 3 aromatic rings. The molecule has 1 saturated heterocycles. The van der Waals surface area contributed by atoms with Gasteiger partial charge in [0.1, 0.15) is 29.0 Å². The molecule has 32 heavy (non-hydrogen) atoms. The maximum Gasteiger partial charge on any atom is 0.260 e. The lowest BCUT2D eigenvalue weighted by Crippen LogP contribution is -2.28. The normalized spacial score (nSPS) is 17.8. The second-order valence-electron chi connectivity index (χ2n) is 7.89. The number of nitrogens with two attached hydrogens (primary N) is 1. The number of amides is 1. The number of pyridine rings is 2. The molecule has 5 rings (SSSR count). The van der Waals surface area contributed by atoms with Crippen LogP contribution in [0.2, 0.25) is 0 Å². The number of anilines is 2. The first kappa shape index (κ1) is 20.3. The van der Waals surface area contributed by atoms with Crippen LogP contribution in [-0.4, -0.2) is 42.1 Å². The third-order valence-electron chi connectivity index (χ3n) is 5.87.